The van der Waals surface area contributed by atoms with E-state index in [4.69, 9.17) is 14.2 Å². The van der Waals surface area contributed by atoms with Crippen molar-refractivity contribution in [2.45, 2.75) is 86.5 Å². The molecule has 0 atom stereocenters. The minimum Gasteiger partial charge on any atom is -0.497 e. The summed E-state index contributed by atoms with van der Waals surface area (Å²) >= 11 is 0. The standard InChI is InChI=1S/2C10H16N2.3C9H14N2.3C9H13NO.C6H14/c1-11-8-9-4-6-10(7-5-9)12(2)3;1-11-8-9-5-4-6-10(7-9)12(2)3;1-10-7-8-3-5-9(11-2)6-4-8;1-10-7-8-4-3-5-9(6-8)11-2;1-10-7-8-5-3-4-6-9(8)11-2;1-10-7-8-3-5-9(11-2)6-4-8;1-10-7-8-4-3-5-9(6-8)11-2;1-10-7-8-5-3-4-6-9(8)11-2;1-5-6(2,3)4/h2*4-7,11H,8H2,1-3H3;3*3-6,10-11H,7H2,1-2H3;3*3-6,10H,7H2,1-2H3;5H2,1-4H3. The van der Waals surface area contributed by atoms with Crippen molar-refractivity contribution < 1.29 is 14.2 Å². The first-order valence-corrected chi connectivity index (χ1v) is 33.1. The summed E-state index contributed by atoms with van der Waals surface area (Å²) in [6, 6.07) is 66.1. The van der Waals surface area contributed by atoms with Crippen molar-refractivity contribution >= 4 is 28.4 Å². The molecule has 530 valence electrons. The van der Waals surface area contributed by atoms with E-state index < -0.39 is 0 Å². The number of hydrogen-bond acceptors (Lipinski definition) is 16. The number of para-hydroxylation sites is 2. The molecule has 11 N–H and O–H groups in total. The Hall–Kier alpha value is -8.16. The van der Waals surface area contributed by atoms with E-state index in [1.54, 1.807) is 21.3 Å². The highest BCUT2D eigenvalue weighted by molar-refractivity contribution is 5.51. The molecule has 16 nitrogen and oxygen atoms in total. The summed E-state index contributed by atoms with van der Waals surface area (Å²) in [4.78, 5) is 4.21. The zero-order valence-corrected chi connectivity index (χ0v) is 63.0. The highest BCUT2D eigenvalue weighted by atomic mass is 16.5. The molecule has 0 bridgehead atoms. The van der Waals surface area contributed by atoms with E-state index in [-0.39, 0.29) is 0 Å². The molecule has 0 aliphatic carbocycles. The predicted molar refractivity (Wildman–Crippen MR) is 420 cm³/mol. The third-order valence-electron chi connectivity index (χ3n) is 14.2. The van der Waals surface area contributed by atoms with Gasteiger partial charge >= 0.3 is 0 Å². The summed E-state index contributed by atoms with van der Waals surface area (Å²) in [7, 11) is 34.6. The maximum Gasteiger partial charge on any atom is 0.123 e. The Labute approximate surface area is 582 Å². The van der Waals surface area contributed by atoms with Gasteiger partial charge in [0.2, 0.25) is 0 Å². The molecular weight excluding hydrogens is 1190 g/mol. The van der Waals surface area contributed by atoms with Gasteiger partial charge in [0.15, 0.2) is 0 Å². The monoisotopic (exact) mass is 1320 g/mol. The Morgan fingerprint density at radius 2 is 0.698 bits per heavy atom. The predicted octanol–water partition coefficient (Wildman–Crippen LogP) is 14.0. The van der Waals surface area contributed by atoms with Crippen LogP contribution in [0.3, 0.4) is 0 Å². The number of nitrogens with one attached hydrogen (secondary N) is 11. The lowest BCUT2D eigenvalue weighted by Gasteiger charge is -2.13. The lowest BCUT2D eigenvalue weighted by molar-refractivity contribution is 0.398. The summed E-state index contributed by atoms with van der Waals surface area (Å²) in [5.41, 5.74) is 16.8. The van der Waals surface area contributed by atoms with Crippen LogP contribution in [-0.4, -0.2) is 127 Å². The summed E-state index contributed by atoms with van der Waals surface area (Å²) in [5.74, 6) is 2.77. The Morgan fingerprint density at radius 1 is 0.312 bits per heavy atom. The lowest BCUT2D eigenvalue weighted by atomic mass is 9.94. The van der Waals surface area contributed by atoms with Gasteiger partial charge in [0.05, 0.1) is 21.3 Å². The summed E-state index contributed by atoms with van der Waals surface area (Å²) < 4.78 is 15.3. The number of benzene rings is 8. The quantitative estimate of drug-likeness (QED) is 0.0276. The van der Waals surface area contributed by atoms with Crippen molar-refractivity contribution in [3.63, 3.8) is 0 Å². The SMILES string of the molecule is CCC(C)(C)C.CNCc1ccc(N(C)C)cc1.CNCc1ccc(NC)cc1.CNCc1ccc(OC)cc1.CNCc1cccc(N(C)C)c1.CNCc1cccc(NC)c1.CNCc1cccc(OC)c1.CNCc1ccccc1NC.CNCc1ccccc1OC. The summed E-state index contributed by atoms with van der Waals surface area (Å²) in [6.07, 6.45) is 1.27. The zero-order valence-electron chi connectivity index (χ0n) is 63.0. The average molecular weight is 1320 g/mol. The first kappa shape index (κ1) is 87.8. The Balaban J connectivity index is 0.00000106. The molecule has 0 aromatic heterocycles. The van der Waals surface area contributed by atoms with Gasteiger partial charge in [0, 0.05) is 136 Å². The molecule has 0 saturated carbocycles. The fraction of sp³-hybridized carbons (Fsp3) is 0.400. The van der Waals surface area contributed by atoms with Crippen LogP contribution < -0.4 is 82.5 Å². The number of methoxy groups -OCH3 is 3. The van der Waals surface area contributed by atoms with E-state index in [1.165, 1.54) is 68.0 Å². The molecule has 0 aliphatic heterocycles. The fourth-order valence-corrected chi connectivity index (χ4v) is 8.38. The molecule has 96 heavy (non-hydrogen) atoms. The topological polar surface area (TPSA) is 166 Å². The Kier molecular flexibility index (Phi) is 51.3. The van der Waals surface area contributed by atoms with Gasteiger partial charge < -0.3 is 82.5 Å². The molecule has 8 aromatic rings. The Morgan fingerprint density at radius 3 is 1.12 bits per heavy atom. The van der Waals surface area contributed by atoms with Crippen molar-refractivity contribution in [3.8, 4) is 17.2 Å². The second-order valence-electron chi connectivity index (χ2n) is 23.6. The number of hydrogen-bond donors (Lipinski definition) is 11. The molecule has 0 saturated heterocycles. The molecule has 0 spiro atoms. The number of ether oxygens (including phenoxy) is 3. The fourth-order valence-electron chi connectivity index (χ4n) is 8.38. The molecule has 0 aliphatic rings. The smallest absolute Gasteiger partial charge is 0.123 e. The summed E-state index contributed by atoms with van der Waals surface area (Å²) in [5, 5.41) is 34.1. The van der Waals surface area contributed by atoms with Gasteiger partial charge in [-0.15, -0.1) is 0 Å². The largest absolute Gasteiger partial charge is 0.497 e. The van der Waals surface area contributed by atoms with Crippen LogP contribution in [0.1, 0.15) is 78.6 Å². The van der Waals surface area contributed by atoms with Crippen LogP contribution in [-0.2, 0) is 52.4 Å². The van der Waals surface area contributed by atoms with Gasteiger partial charge in [0.1, 0.15) is 17.2 Å². The van der Waals surface area contributed by atoms with E-state index in [1.807, 2.05) is 152 Å². The maximum atomic E-state index is 5.16. The molecule has 8 rings (SSSR count). The first-order valence-electron chi connectivity index (χ1n) is 33.1. The lowest BCUT2D eigenvalue weighted by Crippen LogP contribution is -2.10. The third-order valence-corrected chi connectivity index (χ3v) is 14.2. The second-order valence-corrected chi connectivity index (χ2v) is 23.6. The maximum absolute atomic E-state index is 5.16. The van der Waals surface area contributed by atoms with Gasteiger partial charge in [-0.2, -0.15) is 0 Å². The molecule has 0 unspecified atom stereocenters. The summed E-state index contributed by atoms with van der Waals surface area (Å²) in [6.45, 7) is 16.2. The van der Waals surface area contributed by atoms with Crippen LogP contribution in [0.5, 0.6) is 17.2 Å². The number of rotatable bonds is 24. The third kappa shape index (κ3) is 42.3. The van der Waals surface area contributed by atoms with Gasteiger partial charge in [0.25, 0.3) is 0 Å². The van der Waals surface area contributed by atoms with Crippen LogP contribution in [0.2, 0.25) is 0 Å². The van der Waals surface area contributed by atoms with E-state index in [0.29, 0.717) is 5.41 Å². The first-order chi connectivity index (χ1) is 46.2. The highest BCUT2D eigenvalue weighted by Crippen LogP contribution is 2.19. The molecule has 0 amide bonds. The van der Waals surface area contributed by atoms with Crippen LogP contribution in [0.15, 0.2) is 194 Å². The molecule has 8 aromatic carbocycles. The zero-order chi connectivity index (χ0) is 71.8. The van der Waals surface area contributed by atoms with E-state index >= 15 is 0 Å². The number of anilines is 5. The number of nitrogens with zero attached hydrogens (tertiary/aromatic N) is 2. The van der Waals surface area contributed by atoms with Crippen LogP contribution in [0.25, 0.3) is 0 Å². The molecule has 16 heteroatoms. The van der Waals surface area contributed by atoms with Crippen molar-refractivity contribution in [1.82, 2.24) is 42.5 Å². The molecular formula is C80H127N13O3. The average Bonchev–Trinajstić information content (AvgIpc) is 1.74. The van der Waals surface area contributed by atoms with Gasteiger partial charge in [-0.1, -0.05) is 143 Å². The van der Waals surface area contributed by atoms with Crippen LogP contribution >= 0.6 is 0 Å². The van der Waals surface area contributed by atoms with Crippen molar-refractivity contribution in [3.05, 3.63) is 239 Å². The van der Waals surface area contributed by atoms with E-state index in [2.05, 4.69) is 244 Å². The van der Waals surface area contributed by atoms with Crippen molar-refractivity contribution in [1.29, 1.82) is 0 Å². The Bertz CT molecular complexity index is 2950. The van der Waals surface area contributed by atoms with Gasteiger partial charge in [-0.25, -0.2) is 0 Å². The van der Waals surface area contributed by atoms with E-state index in [0.717, 1.165) is 81.0 Å². The van der Waals surface area contributed by atoms with Gasteiger partial charge in [-0.05, 0) is 186 Å². The molecule has 0 heterocycles. The second kappa shape index (κ2) is 56.1. The van der Waals surface area contributed by atoms with Crippen molar-refractivity contribution in [2.24, 2.45) is 5.41 Å². The van der Waals surface area contributed by atoms with Crippen LogP contribution in [0, 0.1) is 5.41 Å². The van der Waals surface area contributed by atoms with Gasteiger partial charge in [-0.3, -0.25) is 0 Å². The van der Waals surface area contributed by atoms with E-state index in [9.17, 15) is 0 Å². The minimum atomic E-state index is 0.542. The van der Waals surface area contributed by atoms with Crippen LogP contribution in [0.4, 0.5) is 28.4 Å². The van der Waals surface area contributed by atoms with Crippen molar-refractivity contribution in [2.75, 3.05) is 153 Å². The molecule has 0 radical (unpaired) electrons. The normalized spacial score (nSPS) is 9.85. The molecule has 0 fully saturated rings. The minimum absolute atomic E-state index is 0.542. The highest BCUT2D eigenvalue weighted by Gasteiger charge is 2.04.